The van der Waals surface area contributed by atoms with Gasteiger partial charge in [0.1, 0.15) is 17.2 Å². The van der Waals surface area contributed by atoms with Gasteiger partial charge in [0.05, 0.1) is 19.8 Å². The van der Waals surface area contributed by atoms with E-state index in [1.54, 1.807) is 0 Å². The number of aromatic hydroxyl groups is 3. The van der Waals surface area contributed by atoms with Crippen LogP contribution in [0.15, 0.2) is 218 Å². The fourth-order valence-electron chi connectivity index (χ4n) is 9.87. The molecular formula is C75H80O12. The van der Waals surface area contributed by atoms with Gasteiger partial charge in [-0.2, -0.15) is 0 Å². The number of aliphatic carboxylic acids is 3. The number of carbonyl (C=O) groups is 3. The van der Waals surface area contributed by atoms with E-state index >= 15 is 0 Å². The van der Waals surface area contributed by atoms with Crippen LogP contribution in [0.4, 0.5) is 0 Å². The molecule has 0 saturated carbocycles. The standard InChI is InChI=1S/3C23H22O3.C6H14O3/c3*24-22(25)12-11-19-15-20(13-17-7-3-1-4-8-17)23(26)21(16-19)14-18-9-5-2-6-10-18;1-2-6(3-7,4-8)5-9/h3*1-10,15-16,26H,11-14H2,(H,24,25);7-9H,2-5H2,1H3. The van der Waals surface area contributed by atoms with E-state index in [2.05, 4.69) is 0 Å². The van der Waals surface area contributed by atoms with Crippen LogP contribution < -0.4 is 0 Å². The fourth-order valence-corrected chi connectivity index (χ4v) is 9.87. The molecule has 0 aliphatic heterocycles. The number of phenolic OH excluding ortho intramolecular Hbond substituents is 3. The van der Waals surface area contributed by atoms with Gasteiger partial charge in [-0.05, 0) is 109 Å². The average molecular weight is 1170 g/mol. The smallest absolute Gasteiger partial charge is 0.303 e. The third kappa shape index (κ3) is 22.6. The zero-order chi connectivity index (χ0) is 62.4. The number of hydrogen-bond acceptors (Lipinski definition) is 9. The van der Waals surface area contributed by atoms with E-state index in [0.29, 0.717) is 81.5 Å². The van der Waals surface area contributed by atoms with Crippen molar-refractivity contribution in [1.82, 2.24) is 0 Å². The summed E-state index contributed by atoms with van der Waals surface area (Å²) < 4.78 is 0. The lowest BCUT2D eigenvalue weighted by Crippen LogP contribution is -2.32. The highest BCUT2D eigenvalue weighted by atomic mass is 16.4. The number of carboxylic acid groups (broad SMARTS) is 3. The minimum Gasteiger partial charge on any atom is -0.507 e. The van der Waals surface area contributed by atoms with Crippen LogP contribution in [0, 0.1) is 5.41 Å². The number of benzene rings is 9. The molecule has 9 aromatic rings. The molecule has 9 N–H and O–H groups in total. The summed E-state index contributed by atoms with van der Waals surface area (Å²) in [5.41, 5.74) is 13.9. The van der Waals surface area contributed by atoms with Crippen LogP contribution in [0.5, 0.6) is 17.2 Å². The molecule has 9 rings (SSSR count). The maximum absolute atomic E-state index is 10.9. The Bertz CT molecular complexity index is 2950. The lowest BCUT2D eigenvalue weighted by molar-refractivity contribution is -0.138. The Kier molecular flexibility index (Phi) is 27.0. The fraction of sp³-hybridized carbons (Fsp3) is 0.240. The summed E-state index contributed by atoms with van der Waals surface area (Å²) in [5, 5.41) is 85.3. The molecule has 0 heterocycles. The lowest BCUT2D eigenvalue weighted by atomic mass is 9.88. The summed E-state index contributed by atoms with van der Waals surface area (Å²) in [4.78, 5) is 32.8. The van der Waals surface area contributed by atoms with Crippen LogP contribution in [0.2, 0.25) is 0 Å². The summed E-state index contributed by atoms with van der Waals surface area (Å²) in [5.74, 6) is -1.53. The van der Waals surface area contributed by atoms with Crippen molar-refractivity contribution >= 4 is 17.9 Å². The first-order valence-corrected chi connectivity index (χ1v) is 29.3. The van der Waals surface area contributed by atoms with Crippen molar-refractivity contribution in [1.29, 1.82) is 0 Å². The normalized spacial score (nSPS) is 10.8. The van der Waals surface area contributed by atoms with E-state index in [9.17, 15) is 29.7 Å². The van der Waals surface area contributed by atoms with Gasteiger partial charge >= 0.3 is 17.9 Å². The van der Waals surface area contributed by atoms with E-state index in [1.807, 2.05) is 225 Å². The van der Waals surface area contributed by atoms with Crippen molar-refractivity contribution in [2.45, 2.75) is 90.4 Å². The van der Waals surface area contributed by atoms with Crippen LogP contribution in [0.25, 0.3) is 0 Å². The molecule has 87 heavy (non-hydrogen) atoms. The van der Waals surface area contributed by atoms with Crippen molar-refractivity contribution in [3.63, 3.8) is 0 Å². The highest BCUT2D eigenvalue weighted by Crippen LogP contribution is 2.33. The number of aliphatic hydroxyl groups excluding tert-OH is 3. The van der Waals surface area contributed by atoms with Crippen molar-refractivity contribution in [2.75, 3.05) is 19.8 Å². The van der Waals surface area contributed by atoms with Crippen LogP contribution in [-0.2, 0) is 72.2 Å². The summed E-state index contributed by atoms with van der Waals surface area (Å²) >= 11 is 0. The molecule has 0 aliphatic carbocycles. The van der Waals surface area contributed by atoms with E-state index in [0.717, 1.165) is 83.5 Å². The molecule has 12 nitrogen and oxygen atoms in total. The number of carboxylic acids is 3. The molecule has 452 valence electrons. The van der Waals surface area contributed by atoms with Crippen LogP contribution in [0.3, 0.4) is 0 Å². The predicted molar refractivity (Wildman–Crippen MR) is 342 cm³/mol. The topological polar surface area (TPSA) is 233 Å². The SMILES string of the molecule is CCC(CO)(CO)CO.O=C(O)CCc1cc(Cc2ccccc2)c(O)c(Cc2ccccc2)c1.O=C(O)CCc1cc(Cc2ccccc2)c(O)c(Cc2ccccc2)c1.O=C(O)CCc1cc(Cc2ccccc2)c(O)c(Cc2ccccc2)c1. The quantitative estimate of drug-likeness (QED) is 0.0260. The molecule has 0 atom stereocenters. The average Bonchev–Trinajstić information content (AvgIpc) is 2.99. The molecular weight excluding hydrogens is 1090 g/mol. The van der Waals surface area contributed by atoms with Gasteiger partial charge in [-0.25, -0.2) is 0 Å². The monoisotopic (exact) mass is 1170 g/mol. The Morgan fingerprint density at radius 2 is 0.471 bits per heavy atom. The van der Waals surface area contributed by atoms with Gasteiger partial charge in [0.25, 0.3) is 0 Å². The number of rotatable bonds is 25. The molecule has 0 saturated heterocycles. The number of phenols is 3. The molecule has 0 bridgehead atoms. The first-order chi connectivity index (χ1) is 42.1. The molecule has 0 amide bonds. The van der Waals surface area contributed by atoms with Crippen molar-refractivity contribution in [3.05, 3.63) is 302 Å². The highest BCUT2D eigenvalue weighted by Gasteiger charge is 2.25. The minimum absolute atomic E-state index is 0.0837. The van der Waals surface area contributed by atoms with Gasteiger partial charge < -0.3 is 46.0 Å². The summed E-state index contributed by atoms with van der Waals surface area (Å²) in [6, 6.07) is 71.4. The number of aliphatic hydroxyl groups is 3. The van der Waals surface area contributed by atoms with Crippen LogP contribution in [0.1, 0.15) is 116 Å². The summed E-state index contributed by atoms with van der Waals surface area (Å²) in [6.45, 7) is 1.35. The zero-order valence-corrected chi connectivity index (χ0v) is 49.3. The summed E-state index contributed by atoms with van der Waals surface area (Å²) in [7, 11) is 0. The lowest BCUT2D eigenvalue weighted by Gasteiger charge is -2.24. The number of aryl methyl sites for hydroxylation is 3. The Labute approximate surface area is 510 Å². The van der Waals surface area contributed by atoms with Gasteiger partial charge in [-0.3, -0.25) is 14.4 Å². The first-order valence-electron chi connectivity index (χ1n) is 29.3. The Morgan fingerprint density at radius 3 is 0.598 bits per heavy atom. The molecule has 9 aromatic carbocycles. The Hall–Kier alpha value is -9.33. The molecule has 12 heteroatoms. The van der Waals surface area contributed by atoms with Crippen LogP contribution in [-0.4, -0.2) is 83.7 Å². The first kappa shape index (κ1) is 66.8. The van der Waals surface area contributed by atoms with Gasteiger partial charge in [-0.15, -0.1) is 0 Å². The van der Waals surface area contributed by atoms with Crippen molar-refractivity contribution in [2.24, 2.45) is 5.41 Å². The van der Waals surface area contributed by atoms with Gasteiger partial charge in [0.15, 0.2) is 0 Å². The number of hydrogen-bond donors (Lipinski definition) is 9. The maximum atomic E-state index is 10.9. The van der Waals surface area contributed by atoms with Crippen molar-refractivity contribution in [3.8, 4) is 17.2 Å². The Balaban J connectivity index is 0.000000194. The van der Waals surface area contributed by atoms with E-state index in [1.165, 1.54) is 0 Å². The third-order valence-corrected chi connectivity index (χ3v) is 15.0. The van der Waals surface area contributed by atoms with Gasteiger partial charge in [0, 0.05) is 63.2 Å². The van der Waals surface area contributed by atoms with Crippen molar-refractivity contribution < 1.29 is 60.3 Å². The van der Waals surface area contributed by atoms with Gasteiger partial charge in [0.2, 0.25) is 0 Å². The van der Waals surface area contributed by atoms with E-state index in [4.69, 9.17) is 30.6 Å². The maximum Gasteiger partial charge on any atom is 0.303 e. The highest BCUT2D eigenvalue weighted by molar-refractivity contribution is 5.68. The molecule has 0 unspecified atom stereocenters. The zero-order valence-electron chi connectivity index (χ0n) is 49.3. The predicted octanol–water partition coefficient (Wildman–Crippen LogP) is 13.1. The molecule has 0 aromatic heterocycles. The largest absolute Gasteiger partial charge is 0.507 e. The second kappa shape index (κ2) is 35.2. The van der Waals surface area contributed by atoms with E-state index < -0.39 is 23.3 Å². The second-order valence-electron chi connectivity index (χ2n) is 21.8. The molecule has 0 spiro atoms. The summed E-state index contributed by atoms with van der Waals surface area (Å²) in [6.07, 6.45) is 5.94. The third-order valence-electron chi connectivity index (χ3n) is 15.0. The minimum atomic E-state index is -0.813. The Morgan fingerprint density at radius 1 is 0.299 bits per heavy atom. The molecule has 0 fully saturated rings. The van der Waals surface area contributed by atoms with Gasteiger partial charge in [-0.1, -0.05) is 225 Å². The van der Waals surface area contributed by atoms with E-state index in [-0.39, 0.29) is 39.1 Å². The molecule has 0 aliphatic rings. The van der Waals surface area contributed by atoms with Crippen LogP contribution >= 0.6 is 0 Å². The second-order valence-corrected chi connectivity index (χ2v) is 21.8. The molecule has 0 radical (unpaired) electrons.